The number of nitrogens with one attached hydrogen (secondary N) is 1. The van der Waals surface area contributed by atoms with Gasteiger partial charge in [0.05, 0.1) is 5.69 Å². The van der Waals surface area contributed by atoms with Crippen LogP contribution in [0.5, 0.6) is 0 Å². The number of aryl methyl sites for hydroxylation is 1. The van der Waals surface area contributed by atoms with Gasteiger partial charge in [0.15, 0.2) is 9.34 Å². The molecule has 118 valence electrons. The monoisotopic (exact) mass is 329 g/mol. The Balaban J connectivity index is 1.82. The molecule has 3 rings (SSSR count). The number of primary sulfonamides is 1. The van der Waals surface area contributed by atoms with Gasteiger partial charge in [0.25, 0.3) is 0 Å². The molecule has 3 N–H and O–H groups in total. The zero-order chi connectivity index (χ0) is 15.1. The number of aromatic nitrogens is 1. The summed E-state index contributed by atoms with van der Waals surface area (Å²) in [6.45, 7) is 1.70. The number of thiazole rings is 1. The summed E-state index contributed by atoms with van der Waals surface area (Å²) < 4.78 is 23.2. The van der Waals surface area contributed by atoms with E-state index >= 15 is 0 Å². The van der Waals surface area contributed by atoms with Crippen molar-refractivity contribution >= 4 is 26.5 Å². The quantitative estimate of drug-likeness (QED) is 0.892. The van der Waals surface area contributed by atoms with Gasteiger partial charge in [-0.25, -0.2) is 18.5 Å². The van der Waals surface area contributed by atoms with Crippen LogP contribution in [0.2, 0.25) is 0 Å². The molecule has 1 aromatic heterocycles. The summed E-state index contributed by atoms with van der Waals surface area (Å²) in [7, 11) is -3.66. The van der Waals surface area contributed by atoms with E-state index in [0.29, 0.717) is 22.3 Å². The van der Waals surface area contributed by atoms with Gasteiger partial charge in [0.2, 0.25) is 10.0 Å². The molecule has 1 atom stereocenters. The normalized spacial score (nSPS) is 25.3. The summed E-state index contributed by atoms with van der Waals surface area (Å²) in [5, 5.41) is 9.47. The van der Waals surface area contributed by atoms with Gasteiger partial charge < -0.3 is 5.32 Å². The molecule has 5 nitrogen and oxygen atoms in total. The molecular weight excluding hydrogens is 306 g/mol. The summed E-state index contributed by atoms with van der Waals surface area (Å²) in [5.41, 5.74) is 0.904. The number of nitrogens with two attached hydrogens (primary N) is 1. The van der Waals surface area contributed by atoms with Crippen molar-refractivity contribution in [1.29, 1.82) is 0 Å². The van der Waals surface area contributed by atoms with Crippen LogP contribution in [0.3, 0.4) is 0 Å². The molecule has 1 spiro atoms. The predicted octanol–water partition coefficient (Wildman–Crippen LogP) is 3.01. The zero-order valence-electron chi connectivity index (χ0n) is 12.4. The molecule has 0 unspecified atom stereocenters. The third kappa shape index (κ3) is 2.96. The highest BCUT2D eigenvalue weighted by atomic mass is 32.2. The molecule has 7 heteroatoms. The Morgan fingerprint density at radius 1 is 1.24 bits per heavy atom. The third-order valence-corrected chi connectivity index (χ3v) is 7.71. The van der Waals surface area contributed by atoms with E-state index in [9.17, 15) is 8.42 Å². The summed E-state index contributed by atoms with van der Waals surface area (Å²) in [5.74, 6) is 0. The van der Waals surface area contributed by atoms with Crippen LogP contribution in [-0.2, 0) is 10.0 Å². The lowest BCUT2D eigenvalue weighted by Crippen LogP contribution is -2.41. The molecule has 0 aliphatic heterocycles. The predicted molar refractivity (Wildman–Crippen MR) is 85.0 cm³/mol. The molecule has 1 aromatic rings. The van der Waals surface area contributed by atoms with Gasteiger partial charge in [-0.3, -0.25) is 0 Å². The van der Waals surface area contributed by atoms with Crippen LogP contribution in [0.25, 0.3) is 0 Å². The first-order valence-electron chi connectivity index (χ1n) is 7.67. The van der Waals surface area contributed by atoms with E-state index in [1.165, 1.54) is 56.3 Å². The van der Waals surface area contributed by atoms with Crippen LogP contribution in [0.1, 0.15) is 57.1 Å². The number of hydrogen-bond donors (Lipinski definition) is 2. The first kappa shape index (κ1) is 15.2. The average molecular weight is 329 g/mol. The number of anilines is 1. The smallest absolute Gasteiger partial charge is 0.249 e. The van der Waals surface area contributed by atoms with E-state index in [1.807, 2.05) is 0 Å². The van der Waals surface area contributed by atoms with E-state index in [0.717, 1.165) is 6.42 Å². The zero-order valence-corrected chi connectivity index (χ0v) is 14.0. The fraction of sp³-hybridized carbons (Fsp3) is 0.786. The maximum absolute atomic E-state index is 11.5. The van der Waals surface area contributed by atoms with Crippen molar-refractivity contribution in [2.75, 3.05) is 5.32 Å². The van der Waals surface area contributed by atoms with Crippen molar-refractivity contribution in [2.45, 2.75) is 68.5 Å². The molecule has 0 saturated heterocycles. The fourth-order valence-corrected chi connectivity index (χ4v) is 5.98. The molecule has 1 heterocycles. The first-order chi connectivity index (χ1) is 9.91. The Hall–Kier alpha value is -0.660. The van der Waals surface area contributed by atoms with Gasteiger partial charge in [-0.2, -0.15) is 0 Å². The summed E-state index contributed by atoms with van der Waals surface area (Å²) in [6.07, 6.45) is 10.2. The Morgan fingerprint density at radius 2 is 1.86 bits per heavy atom. The van der Waals surface area contributed by atoms with Crippen molar-refractivity contribution in [3.8, 4) is 0 Å². The second kappa shape index (κ2) is 5.52. The van der Waals surface area contributed by atoms with Gasteiger partial charge >= 0.3 is 0 Å². The maximum atomic E-state index is 11.5. The highest BCUT2D eigenvalue weighted by molar-refractivity contribution is 7.91. The standard InChI is InChI=1S/C14H23N3O2S2/c1-10-12(21(15,18)19)20-13(16-10)17-11-6-2-3-7-14(11)8-4-5-9-14/h11H,2-9H2,1H3,(H,16,17)(H2,15,18,19)/t11-/m1/s1. The Bertz CT molecular complexity index is 618. The van der Waals surface area contributed by atoms with Crippen molar-refractivity contribution in [3.05, 3.63) is 5.69 Å². The van der Waals surface area contributed by atoms with Gasteiger partial charge in [-0.1, -0.05) is 37.0 Å². The number of nitrogens with zero attached hydrogens (tertiary/aromatic N) is 1. The molecular formula is C14H23N3O2S2. The van der Waals surface area contributed by atoms with Crippen LogP contribution in [0.15, 0.2) is 4.21 Å². The summed E-state index contributed by atoms with van der Waals surface area (Å²) in [6, 6.07) is 0.424. The van der Waals surface area contributed by atoms with Crippen molar-refractivity contribution in [3.63, 3.8) is 0 Å². The molecule has 0 radical (unpaired) electrons. The van der Waals surface area contributed by atoms with E-state index in [4.69, 9.17) is 5.14 Å². The minimum atomic E-state index is -3.66. The van der Waals surface area contributed by atoms with E-state index in [2.05, 4.69) is 10.3 Å². The Labute approximate surface area is 130 Å². The van der Waals surface area contributed by atoms with Gasteiger partial charge in [-0.05, 0) is 38.0 Å². The highest BCUT2D eigenvalue weighted by Gasteiger charge is 2.43. The van der Waals surface area contributed by atoms with Crippen molar-refractivity contribution in [2.24, 2.45) is 10.6 Å². The topological polar surface area (TPSA) is 85.1 Å². The molecule has 2 saturated carbocycles. The second-order valence-electron chi connectivity index (χ2n) is 6.45. The number of sulfonamides is 1. The average Bonchev–Trinajstić information content (AvgIpc) is 3.00. The molecule has 2 fully saturated rings. The SMILES string of the molecule is Cc1nc(N[C@@H]2CCCCC23CCCC3)sc1S(N)(=O)=O. The van der Waals surface area contributed by atoms with E-state index < -0.39 is 10.0 Å². The second-order valence-corrected chi connectivity index (χ2v) is 9.20. The highest BCUT2D eigenvalue weighted by Crippen LogP contribution is 2.50. The van der Waals surface area contributed by atoms with Crippen LogP contribution < -0.4 is 10.5 Å². The summed E-state index contributed by atoms with van der Waals surface area (Å²) >= 11 is 1.17. The molecule has 0 bridgehead atoms. The van der Waals surface area contributed by atoms with Crippen LogP contribution in [0, 0.1) is 12.3 Å². The molecule has 0 amide bonds. The lowest BCUT2D eigenvalue weighted by atomic mass is 9.69. The Kier molecular flexibility index (Phi) is 4.00. The lowest BCUT2D eigenvalue weighted by molar-refractivity contribution is 0.173. The molecule has 21 heavy (non-hydrogen) atoms. The van der Waals surface area contributed by atoms with Crippen LogP contribution >= 0.6 is 11.3 Å². The minimum Gasteiger partial charge on any atom is -0.358 e. The first-order valence-corrected chi connectivity index (χ1v) is 10.0. The summed E-state index contributed by atoms with van der Waals surface area (Å²) in [4.78, 5) is 4.37. The van der Waals surface area contributed by atoms with Crippen LogP contribution in [0.4, 0.5) is 5.13 Å². The fourth-order valence-electron chi connectivity index (χ4n) is 4.07. The molecule has 2 aliphatic rings. The number of rotatable bonds is 3. The third-order valence-electron chi connectivity index (χ3n) is 5.07. The van der Waals surface area contributed by atoms with Crippen LogP contribution in [-0.4, -0.2) is 19.4 Å². The van der Waals surface area contributed by atoms with Gasteiger partial charge in [0, 0.05) is 6.04 Å². The molecule has 2 aliphatic carbocycles. The number of hydrogen-bond acceptors (Lipinski definition) is 5. The Morgan fingerprint density at radius 3 is 2.43 bits per heavy atom. The lowest BCUT2D eigenvalue weighted by Gasteiger charge is -2.42. The molecule has 0 aromatic carbocycles. The van der Waals surface area contributed by atoms with Gasteiger partial charge in [0.1, 0.15) is 0 Å². The van der Waals surface area contributed by atoms with E-state index in [1.54, 1.807) is 6.92 Å². The van der Waals surface area contributed by atoms with Gasteiger partial charge in [-0.15, -0.1) is 0 Å². The van der Waals surface area contributed by atoms with E-state index in [-0.39, 0.29) is 4.21 Å². The maximum Gasteiger partial charge on any atom is 0.249 e. The minimum absolute atomic E-state index is 0.182. The van der Waals surface area contributed by atoms with Crippen molar-refractivity contribution < 1.29 is 8.42 Å². The van der Waals surface area contributed by atoms with Crippen molar-refractivity contribution in [1.82, 2.24) is 4.98 Å². The largest absolute Gasteiger partial charge is 0.358 e.